The predicted octanol–water partition coefficient (Wildman–Crippen LogP) is 11.2. The Kier molecular flexibility index (Phi) is 6.22. The van der Waals surface area contributed by atoms with Crippen LogP contribution in [0.2, 0.25) is 0 Å². The van der Waals surface area contributed by atoms with Crippen molar-refractivity contribution in [2.24, 2.45) is 0 Å². The van der Waals surface area contributed by atoms with E-state index in [1.807, 2.05) is 25.5 Å². The monoisotopic (exact) mass is 622 g/mol. The number of nitrogens with zero attached hydrogens (tertiary/aromatic N) is 2. The van der Waals surface area contributed by atoms with Crippen molar-refractivity contribution in [2.45, 2.75) is 0 Å². The van der Waals surface area contributed by atoms with Gasteiger partial charge in [0.1, 0.15) is 12.8 Å². The Hall–Kier alpha value is -5.50. The normalized spacial score (nSPS) is 12.1. The maximum atomic E-state index is 12.9. The van der Waals surface area contributed by atoms with E-state index in [9.17, 15) is 4.57 Å². The van der Waals surface area contributed by atoms with Crippen molar-refractivity contribution in [2.75, 3.05) is 13.3 Å². The van der Waals surface area contributed by atoms with E-state index < -0.39 is 7.14 Å². The molecule has 0 aliphatic carbocycles. The predicted molar refractivity (Wildman–Crippen MR) is 201 cm³/mol. The Bertz CT molecular complexity index is 2720. The lowest BCUT2D eigenvalue weighted by molar-refractivity contribution is 0.588. The Morgan fingerprint density at radius 2 is 1.04 bits per heavy atom. The molecule has 0 unspecified atom stereocenters. The SMILES string of the molecule is CP(C)(=O)c1ccc2ccc(-c3ccc4c5cc(-c6ccccc6)ccc5n5c6ccc(-c7ccccc7)cc6nc5c4c3)cc2c1. The minimum Gasteiger partial charge on any atom is -0.319 e. The summed E-state index contributed by atoms with van der Waals surface area (Å²) in [6, 6.07) is 53.9. The standard InChI is InChI=1S/C43H31N2OP/c1-47(2,46)36-19-15-30-13-14-31(23-35(30)24-36)33-16-20-37-38-25-32(28-9-5-3-6-10-28)17-21-41(38)45-42-22-18-34(29-11-7-4-8-12-29)27-40(42)44-43(45)39(37)26-33/h3-27H,1-2H3. The maximum Gasteiger partial charge on any atom is 0.146 e. The van der Waals surface area contributed by atoms with Crippen molar-refractivity contribution >= 4 is 61.6 Å². The largest absolute Gasteiger partial charge is 0.319 e. The first-order chi connectivity index (χ1) is 22.9. The van der Waals surface area contributed by atoms with E-state index >= 15 is 0 Å². The molecule has 9 rings (SSSR count). The van der Waals surface area contributed by atoms with Crippen LogP contribution in [0.1, 0.15) is 0 Å². The molecule has 0 fully saturated rings. The highest BCUT2D eigenvalue weighted by Gasteiger charge is 2.17. The van der Waals surface area contributed by atoms with E-state index in [0.29, 0.717) is 0 Å². The summed E-state index contributed by atoms with van der Waals surface area (Å²) in [4.78, 5) is 5.32. The van der Waals surface area contributed by atoms with Gasteiger partial charge in [-0.25, -0.2) is 4.98 Å². The third-order valence-corrected chi connectivity index (χ3v) is 11.0. The topological polar surface area (TPSA) is 34.4 Å². The van der Waals surface area contributed by atoms with Crippen LogP contribution in [0.25, 0.3) is 82.5 Å². The second kappa shape index (κ2) is 10.5. The molecule has 2 heterocycles. The van der Waals surface area contributed by atoms with E-state index in [0.717, 1.165) is 60.4 Å². The molecule has 0 aliphatic heterocycles. The maximum absolute atomic E-state index is 12.9. The van der Waals surface area contributed by atoms with Crippen molar-refractivity contribution in [1.82, 2.24) is 9.38 Å². The molecular formula is C43H31N2OP. The van der Waals surface area contributed by atoms with E-state index in [1.54, 1.807) is 0 Å². The molecule has 47 heavy (non-hydrogen) atoms. The second-order valence-electron chi connectivity index (χ2n) is 12.8. The van der Waals surface area contributed by atoms with Crippen LogP contribution in [-0.4, -0.2) is 22.7 Å². The molecule has 7 aromatic carbocycles. The third-order valence-electron chi connectivity index (χ3n) is 9.44. The lowest BCUT2D eigenvalue weighted by Crippen LogP contribution is -2.01. The van der Waals surface area contributed by atoms with Gasteiger partial charge in [0.25, 0.3) is 0 Å². The molecule has 0 saturated carbocycles. The van der Waals surface area contributed by atoms with Gasteiger partial charge in [-0.15, -0.1) is 0 Å². The summed E-state index contributed by atoms with van der Waals surface area (Å²) < 4.78 is 15.2. The van der Waals surface area contributed by atoms with E-state index in [-0.39, 0.29) is 0 Å². The number of pyridine rings is 1. The fraction of sp³-hybridized carbons (Fsp3) is 0.0465. The zero-order chi connectivity index (χ0) is 31.7. The van der Waals surface area contributed by atoms with Crippen LogP contribution < -0.4 is 5.30 Å². The molecule has 0 bridgehead atoms. The highest BCUT2D eigenvalue weighted by Crippen LogP contribution is 2.39. The number of rotatable bonds is 4. The lowest BCUT2D eigenvalue weighted by Gasteiger charge is -2.13. The fourth-order valence-corrected chi connectivity index (χ4v) is 7.85. The average molecular weight is 623 g/mol. The summed E-state index contributed by atoms with van der Waals surface area (Å²) in [6.45, 7) is 3.66. The van der Waals surface area contributed by atoms with Gasteiger partial charge in [-0.1, -0.05) is 109 Å². The summed E-state index contributed by atoms with van der Waals surface area (Å²) in [7, 11) is -2.37. The molecule has 0 amide bonds. The molecule has 4 heteroatoms. The Balaban J connectivity index is 1.32. The van der Waals surface area contributed by atoms with Crippen LogP contribution in [0.3, 0.4) is 0 Å². The lowest BCUT2D eigenvalue weighted by atomic mass is 9.96. The van der Waals surface area contributed by atoms with Crippen molar-refractivity contribution < 1.29 is 4.57 Å². The first kappa shape index (κ1) is 27.8. The first-order valence-corrected chi connectivity index (χ1v) is 18.5. The van der Waals surface area contributed by atoms with Crippen molar-refractivity contribution in [3.63, 3.8) is 0 Å². The number of benzene rings is 7. The molecule has 3 nitrogen and oxygen atoms in total. The highest BCUT2D eigenvalue weighted by atomic mass is 31.2. The van der Waals surface area contributed by atoms with Crippen LogP contribution >= 0.6 is 7.14 Å². The van der Waals surface area contributed by atoms with Gasteiger partial charge in [0, 0.05) is 16.1 Å². The van der Waals surface area contributed by atoms with Gasteiger partial charge in [0.2, 0.25) is 0 Å². The molecule has 2 aromatic heterocycles. The molecule has 0 saturated heterocycles. The van der Waals surface area contributed by atoms with Crippen LogP contribution in [0.5, 0.6) is 0 Å². The van der Waals surface area contributed by atoms with Gasteiger partial charge < -0.3 is 4.57 Å². The summed E-state index contributed by atoms with van der Waals surface area (Å²) in [5, 5.41) is 6.62. The molecule has 0 N–H and O–H groups in total. The Morgan fingerprint density at radius 1 is 0.468 bits per heavy atom. The molecular weight excluding hydrogens is 591 g/mol. The van der Waals surface area contributed by atoms with Crippen LogP contribution in [0.4, 0.5) is 0 Å². The average Bonchev–Trinajstić information content (AvgIpc) is 3.50. The molecule has 0 atom stereocenters. The van der Waals surface area contributed by atoms with E-state index in [2.05, 4.69) is 144 Å². The highest BCUT2D eigenvalue weighted by molar-refractivity contribution is 7.70. The Morgan fingerprint density at radius 3 is 1.77 bits per heavy atom. The van der Waals surface area contributed by atoms with Gasteiger partial charge in [-0.05, 0) is 105 Å². The van der Waals surface area contributed by atoms with Gasteiger partial charge in [-0.2, -0.15) is 0 Å². The number of fused-ring (bicyclic) bond motifs is 9. The Labute approximate surface area is 273 Å². The molecule has 0 aliphatic rings. The summed E-state index contributed by atoms with van der Waals surface area (Å²) in [5.74, 6) is 0. The van der Waals surface area contributed by atoms with Crippen LogP contribution in [-0.2, 0) is 4.57 Å². The van der Waals surface area contributed by atoms with Crippen molar-refractivity contribution in [3.05, 3.63) is 152 Å². The number of hydrogen-bond acceptors (Lipinski definition) is 2. The van der Waals surface area contributed by atoms with Crippen LogP contribution in [0, 0.1) is 0 Å². The number of imidazole rings is 1. The quantitative estimate of drug-likeness (QED) is 0.145. The first-order valence-electron chi connectivity index (χ1n) is 15.9. The fourth-order valence-electron chi connectivity index (χ4n) is 6.96. The van der Waals surface area contributed by atoms with Gasteiger partial charge >= 0.3 is 0 Å². The summed E-state index contributed by atoms with van der Waals surface area (Å²) in [6.07, 6.45) is 0. The van der Waals surface area contributed by atoms with Crippen LogP contribution in [0.15, 0.2) is 152 Å². The van der Waals surface area contributed by atoms with E-state index in [1.165, 1.54) is 27.5 Å². The van der Waals surface area contributed by atoms with Gasteiger partial charge in [0.15, 0.2) is 0 Å². The zero-order valence-corrected chi connectivity index (χ0v) is 27.1. The molecule has 9 aromatic rings. The minimum atomic E-state index is -2.37. The van der Waals surface area contributed by atoms with Gasteiger partial charge in [-0.3, -0.25) is 4.40 Å². The number of aromatic nitrogens is 2. The minimum absolute atomic E-state index is 0.905. The summed E-state index contributed by atoms with van der Waals surface area (Å²) >= 11 is 0. The smallest absolute Gasteiger partial charge is 0.146 e. The van der Waals surface area contributed by atoms with E-state index in [4.69, 9.17) is 4.98 Å². The number of hydrogen-bond donors (Lipinski definition) is 0. The molecule has 0 radical (unpaired) electrons. The second-order valence-corrected chi connectivity index (χ2v) is 16.0. The van der Waals surface area contributed by atoms with Crippen molar-refractivity contribution in [1.29, 1.82) is 0 Å². The van der Waals surface area contributed by atoms with Gasteiger partial charge in [0.05, 0.1) is 16.6 Å². The molecule has 224 valence electrons. The zero-order valence-electron chi connectivity index (χ0n) is 26.2. The third kappa shape index (κ3) is 4.66. The summed E-state index contributed by atoms with van der Waals surface area (Å²) in [5.41, 5.74) is 11.1. The molecule has 0 spiro atoms. The van der Waals surface area contributed by atoms with Crippen molar-refractivity contribution in [3.8, 4) is 33.4 Å².